The van der Waals surface area contributed by atoms with E-state index in [9.17, 15) is 5.11 Å². The quantitative estimate of drug-likeness (QED) is 0.633. The molecule has 0 aromatic rings. The fourth-order valence-corrected chi connectivity index (χ4v) is 2.28. The Balaban J connectivity index is 2.15. The van der Waals surface area contributed by atoms with Gasteiger partial charge < -0.3 is 14.6 Å². The van der Waals surface area contributed by atoms with Crippen LogP contribution in [-0.2, 0) is 9.47 Å². The van der Waals surface area contributed by atoms with Crippen LogP contribution in [0.25, 0.3) is 0 Å². The van der Waals surface area contributed by atoms with Gasteiger partial charge in [-0.25, -0.2) is 0 Å². The summed E-state index contributed by atoms with van der Waals surface area (Å²) in [5.41, 5.74) is 0. The maximum absolute atomic E-state index is 9.58. The highest BCUT2D eigenvalue weighted by atomic mass is 16.7. The van der Waals surface area contributed by atoms with E-state index in [1.807, 2.05) is 0 Å². The van der Waals surface area contributed by atoms with E-state index in [0.717, 1.165) is 6.42 Å². The van der Waals surface area contributed by atoms with E-state index < -0.39 is 6.10 Å². The lowest BCUT2D eigenvalue weighted by Gasteiger charge is -2.26. The minimum atomic E-state index is -0.499. The molecule has 0 spiro atoms. The van der Waals surface area contributed by atoms with E-state index in [1.165, 1.54) is 0 Å². The van der Waals surface area contributed by atoms with Gasteiger partial charge in [-0.05, 0) is 12.8 Å². The van der Waals surface area contributed by atoms with Crippen LogP contribution in [0.2, 0.25) is 0 Å². The van der Waals surface area contributed by atoms with Crippen LogP contribution in [0.4, 0.5) is 0 Å². The molecule has 1 saturated heterocycles. The molecule has 72 valence electrons. The summed E-state index contributed by atoms with van der Waals surface area (Å²) < 4.78 is 10.6. The predicted molar refractivity (Wildman–Crippen MR) is 43.5 cm³/mol. The Kier molecular flexibility index (Phi) is 2.24. The van der Waals surface area contributed by atoms with Crippen LogP contribution >= 0.6 is 0 Å². The fraction of sp³-hybridized carbons (Fsp3) is 0.889. The molecule has 1 saturated carbocycles. The van der Waals surface area contributed by atoms with E-state index in [-0.39, 0.29) is 24.2 Å². The number of nitrogens with zero attached hydrogens (tertiary/aromatic N) is 1. The van der Waals surface area contributed by atoms with Gasteiger partial charge >= 0.3 is 0 Å². The molecule has 0 amide bonds. The molecule has 4 heteroatoms. The normalized spacial score (nSPS) is 48.8. The molecular weight excluding hydrogens is 170 g/mol. The molecular formula is C9H13NO3. The van der Waals surface area contributed by atoms with Crippen molar-refractivity contribution < 1.29 is 14.6 Å². The summed E-state index contributed by atoms with van der Waals surface area (Å²) in [6, 6.07) is 2.21. The summed E-state index contributed by atoms with van der Waals surface area (Å²) in [5, 5.41) is 18.4. The first-order valence-electron chi connectivity index (χ1n) is 4.52. The van der Waals surface area contributed by atoms with Crippen molar-refractivity contribution in [3.05, 3.63) is 0 Å². The largest absolute Gasteiger partial charge is 0.390 e. The van der Waals surface area contributed by atoms with Crippen molar-refractivity contribution in [1.29, 1.82) is 5.26 Å². The third-order valence-electron chi connectivity index (χ3n) is 3.00. The van der Waals surface area contributed by atoms with Crippen molar-refractivity contribution in [2.75, 3.05) is 7.11 Å². The second kappa shape index (κ2) is 3.26. The second-order valence-corrected chi connectivity index (χ2v) is 3.72. The number of aliphatic hydroxyl groups excluding tert-OH is 1. The molecule has 0 aromatic carbocycles. The Morgan fingerprint density at radius 2 is 2.31 bits per heavy atom. The third kappa shape index (κ3) is 1.33. The molecule has 2 fully saturated rings. The van der Waals surface area contributed by atoms with Crippen LogP contribution in [0.3, 0.4) is 0 Å². The molecule has 2 rings (SSSR count). The van der Waals surface area contributed by atoms with Gasteiger partial charge in [0, 0.05) is 13.0 Å². The first kappa shape index (κ1) is 8.95. The lowest BCUT2D eigenvalue weighted by atomic mass is 9.79. The van der Waals surface area contributed by atoms with Crippen molar-refractivity contribution in [2.45, 2.75) is 31.3 Å². The van der Waals surface area contributed by atoms with Gasteiger partial charge in [-0.3, -0.25) is 0 Å². The van der Waals surface area contributed by atoms with E-state index in [4.69, 9.17) is 14.7 Å². The number of methoxy groups -OCH3 is 1. The maximum atomic E-state index is 9.58. The number of hydrogen-bond acceptors (Lipinski definition) is 4. The van der Waals surface area contributed by atoms with Gasteiger partial charge in [0.05, 0.1) is 24.2 Å². The maximum Gasteiger partial charge on any atom is 0.161 e. The molecule has 1 aliphatic carbocycles. The van der Waals surface area contributed by atoms with Gasteiger partial charge in [-0.15, -0.1) is 0 Å². The van der Waals surface area contributed by atoms with Crippen molar-refractivity contribution in [3.8, 4) is 6.07 Å². The number of nitriles is 1. The number of aliphatic hydroxyl groups is 1. The van der Waals surface area contributed by atoms with E-state index in [0.29, 0.717) is 6.42 Å². The van der Waals surface area contributed by atoms with Gasteiger partial charge in [-0.1, -0.05) is 0 Å². The topological polar surface area (TPSA) is 62.5 Å². The van der Waals surface area contributed by atoms with Crippen molar-refractivity contribution in [2.24, 2.45) is 11.8 Å². The predicted octanol–water partition coefficient (Wildman–Crippen LogP) is 0.268. The Morgan fingerprint density at radius 1 is 1.54 bits per heavy atom. The molecule has 5 atom stereocenters. The van der Waals surface area contributed by atoms with Crippen LogP contribution in [0.15, 0.2) is 0 Å². The van der Waals surface area contributed by atoms with Crippen LogP contribution in [0, 0.1) is 23.2 Å². The molecule has 0 aromatic heterocycles. The molecule has 0 radical (unpaired) electrons. The van der Waals surface area contributed by atoms with Crippen molar-refractivity contribution in [3.63, 3.8) is 0 Å². The standard InChI is InChI=1S/C9H13NO3/c1-12-9-6-3-8(13-9)7(11)2-5(6)4-10/h5-9,11H,2-3H2,1H3/t5-,6-,7-,8+,9-/m1/s1. The number of ether oxygens (including phenoxy) is 2. The van der Waals surface area contributed by atoms with Crippen LogP contribution in [0.1, 0.15) is 12.8 Å². The summed E-state index contributed by atoms with van der Waals surface area (Å²) >= 11 is 0. The summed E-state index contributed by atoms with van der Waals surface area (Å²) in [5.74, 6) is 0.0158. The minimum Gasteiger partial charge on any atom is -0.390 e. The van der Waals surface area contributed by atoms with Gasteiger partial charge in [-0.2, -0.15) is 5.26 Å². The number of rotatable bonds is 1. The Labute approximate surface area is 77.1 Å². The van der Waals surface area contributed by atoms with Crippen LogP contribution < -0.4 is 0 Å². The third-order valence-corrected chi connectivity index (χ3v) is 3.00. The molecule has 1 N–H and O–H groups in total. The van der Waals surface area contributed by atoms with E-state index in [1.54, 1.807) is 7.11 Å². The lowest BCUT2D eigenvalue weighted by Crippen LogP contribution is -2.33. The molecule has 1 aliphatic heterocycles. The zero-order chi connectivity index (χ0) is 9.42. The summed E-state index contributed by atoms with van der Waals surface area (Å²) in [4.78, 5) is 0. The Morgan fingerprint density at radius 3 is 2.92 bits per heavy atom. The van der Waals surface area contributed by atoms with Gasteiger partial charge in [0.2, 0.25) is 0 Å². The number of fused-ring (bicyclic) bond motifs is 2. The SMILES string of the molecule is CO[C@@H]1O[C@H]2C[C@@H]1[C@@H](C#N)C[C@H]2O. The first-order chi connectivity index (χ1) is 6.26. The molecule has 1 heterocycles. The molecule has 4 nitrogen and oxygen atoms in total. The smallest absolute Gasteiger partial charge is 0.161 e. The zero-order valence-electron chi connectivity index (χ0n) is 7.51. The minimum absolute atomic E-state index is 0.125. The van der Waals surface area contributed by atoms with Gasteiger partial charge in [0.15, 0.2) is 6.29 Å². The lowest BCUT2D eigenvalue weighted by molar-refractivity contribution is -0.140. The highest BCUT2D eigenvalue weighted by Gasteiger charge is 2.48. The second-order valence-electron chi connectivity index (χ2n) is 3.72. The highest BCUT2D eigenvalue weighted by Crippen LogP contribution is 2.41. The average molecular weight is 183 g/mol. The Hall–Kier alpha value is -0.630. The number of hydrogen-bond donors (Lipinski definition) is 1. The summed E-state index contributed by atoms with van der Waals surface area (Å²) in [6.07, 6.45) is 0.344. The van der Waals surface area contributed by atoms with Crippen molar-refractivity contribution >= 4 is 0 Å². The fourth-order valence-electron chi connectivity index (χ4n) is 2.28. The van der Waals surface area contributed by atoms with Gasteiger partial charge in [0.1, 0.15) is 0 Å². The molecule has 2 bridgehead atoms. The first-order valence-corrected chi connectivity index (χ1v) is 4.52. The van der Waals surface area contributed by atoms with E-state index in [2.05, 4.69) is 6.07 Å². The van der Waals surface area contributed by atoms with Gasteiger partial charge in [0.25, 0.3) is 0 Å². The molecule has 2 aliphatic rings. The van der Waals surface area contributed by atoms with Crippen LogP contribution in [-0.4, -0.2) is 30.7 Å². The molecule has 0 unspecified atom stereocenters. The van der Waals surface area contributed by atoms with E-state index >= 15 is 0 Å². The molecule has 13 heavy (non-hydrogen) atoms. The van der Waals surface area contributed by atoms with Crippen molar-refractivity contribution in [1.82, 2.24) is 0 Å². The van der Waals surface area contributed by atoms with Crippen LogP contribution in [0.5, 0.6) is 0 Å². The monoisotopic (exact) mass is 183 g/mol. The summed E-state index contributed by atoms with van der Waals surface area (Å²) in [7, 11) is 1.58. The highest BCUT2D eigenvalue weighted by molar-refractivity contribution is 5.01. The zero-order valence-corrected chi connectivity index (χ0v) is 7.51. The average Bonchev–Trinajstić information content (AvgIpc) is 2.52. The summed E-state index contributed by atoms with van der Waals surface area (Å²) in [6.45, 7) is 0. The Bertz CT molecular complexity index is 238.